The van der Waals surface area contributed by atoms with Crippen molar-refractivity contribution in [2.24, 2.45) is 0 Å². The second-order valence-corrected chi connectivity index (χ2v) is 6.28. The lowest BCUT2D eigenvalue weighted by Gasteiger charge is -2.30. The van der Waals surface area contributed by atoms with Gasteiger partial charge in [0.05, 0.1) is 0 Å². The lowest BCUT2D eigenvalue weighted by molar-refractivity contribution is 0.114. The van der Waals surface area contributed by atoms with Crippen LogP contribution in [-0.4, -0.2) is 23.1 Å². The molecule has 1 aliphatic rings. The Kier molecular flexibility index (Phi) is 4.40. The number of hydrogen-bond donors (Lipinski definition) is 0. The van der Waals surface area contributed by atoms with Gasteiger partial charge in [-0.05, 0) is 45.8 Å². The molecule has 0 bridgehead atoms. The summed E-state index contributed by atoms with van der Waals surface area (Å²) in [6, 6.07) is 8.38. The van der Waals surface area contributed by atoms with Crippen LogP contribution < -0.4 is 0 Å². The van der Waals surface area contributed by atoms with E-state index in [9.17, 15) is 4.79 Å². The molecule has 0 radical (unpaired) electrons. The average Bonchev–Trinajstić information content (AvgIpc) is 2.64. The van der Waals surface area contributed by atoms with E-state index in [4.69, 9.17) is 4.74 Å². The molecule has 0 N–H and O–H groups in total. The predicted octanol–water partition coefficient (Wildman–Crippen LogP) is 4.79. The molecule has 1 aromatic carbocycles. The summed E-state index contributed by atoms with van der Waals surface area (Å²) < 4.78 is 5.77. The first-order valence-corrected chi connectivity index (χ1v) is 7.64. The predicted molar refractivity (Wildman–Crippen MR) is 86.0 cm³/mol. The van der Waals surface area contributed by atoms with Gasteiger partial charge in [-0.1, -0.05) is 31.2 Å². The van der Waals surface area contributed by atoms with Crippen LogP contribution in [0.3, 0.4) is 0 Å². The van der Waals surface area contributed by atoms with E-state index in [1.807, 2.05) is 52.8 Å². The van der Waals surface area contributed by atoms with Crippen LogP contribution >= 0.6 is 0 Å². The molecule has 0 heterocycles. The van der Waals surface area contributed by atoms with Crippen LogP contribution in [0.4, 0.5) is 4.79 Å². The Morgan fingerprint density at radius 2 is 1.71 bits per heavy atom. The Hall–Kier alpha value is -1.77. The van der Waals surface area contributed by atoms with E-state index in [0.29, 0.717) is 5.92 Å². The molecule has 3 heteroatoms. The highest BCUT2D eigenvalue weighted by molar-refractivity contribution is 5.82. The molecule has 0 saturated carbocycles. The van der Waals surface area contributed by atoms with Crippen LogP contribution in [0.25, 0.3) is 5.76 Å². The molecule has 0 unspecified atom stereocenters. The van der Waals surface area contributed by atoms with E-state index < -0.39 is 0 Å². The molecule has 3 nitrogen and oxygen atoms in total. The van der Waals surface area contributed by atoms with E-state index in [0.717, 1.165) is 16.9 Å². The fraction of sp³-hybridized carbons (Fsp3) is 0.500. The first kappa shape index (κ1) is 15.6. The lowest BCUT2D eigenvalue weighted by Crippen LogP contribution is -2.42. The maximum Gasteiger partial charge on any atom is 0.415 e. The van der Waals surface area contributed by atoms with Crippen LogP contribution in [0.2, 0.25) is 0 Å². The van der Waals surface area contributed by atoms with Crippen LogP contribution in [0.5, 0.6) is 0 Å². The molecule has 1 aromatic rings. The number of amides is 1. The molecule has 0 fully saturated rings. The van der Waals surface area contributed by atoms with Gasteiger partial charge in [0.1, 0.15) is 5.76 Å². The van der Waals surface area contributed by atoms with Gasteiger partial charge in [0.25, 0.3) is 0 Å². The van der Waals surface area contributed by atoms with Crippen molar-refractivity contribution in [1.82, 2.24) is 4.90 Å². The minimum atomic E-state index is -0.266. The molecule has 0 saturated heterocycles. The Labute approximate surface area is 127 Å². The average molecular weight is 287 g/mol. The molecular formula is C18H25NO2. The van der Waals surface area contributed by atoms with Crippen molar-refractivity contribution in [3.05, 3.63) is 41.0 Å². The zero-order valence-corrected chi connectivity index (χ0v) is 13.8. The van der Waals surface area contributed by atoms with Crippen molar-refractivity contribution in [3.8, 4) is 0 Å². The van der Waals surface area contributed by atoms with Crippen molar-refractivity contribution in [2.75, 3.05) is 0 Å². The van der Waals surface area contributed by atoms with Crippen LogP contribution in [0.1, 0.15) is 58.6 Å². The number of hydrogen-bond acceptors (Lipinski definition) is 2. The summed E-state index contributed by atoms with van der Waals surface area (Å²) in [5.74, 6) is 1.03. The highest BCUT2D eigenvalue weighted by Gasteiger charge is 2.30. The number of rotatable bonds is 3. The fourth-order valence-electron chi connectivity index (χ4n) is 3.02. The Balaban J connectivity index is 2.29. The lowest BCUT2D eigenvalue weighted by atomic mass is 9.99. The van der Waals surface area contributed by atoms with Gasteiger partial charge in [-0.25, -0.2) is 4.79 Å². The van der Waals surface area contributed by atoms with Gasteiger partial charge in [0.2, 0.25) is 0 Å². The first-order chi connectivity index (χ1) is 9.84. The smallest absolute Gasteiger partial charge is 0.410 e. The van der Waals surface area contributed by atoms with Crippen molar-refractivity contribution < 1.29 is 9.53 Å². The molecule has 1 amide bonds. The number of benzene rings is 1. The molecule has 2 rings (SSSR count). The first-order valence-electron chi connectivity index (χ1n) is 7.64. The molecule has 0 spiro atoms. The van der Waals surface area contributed by atoms with Crippen molar-refractivity contribution in [1.29, 1.82) is 0 Å². The summed E-state index contributed by atoms with van der Waals surface area (Å²) in [6.07, 6.45) is -0.266. The summed E-state index contributed by atoms with van der Waals surface area (Å²) in [5, 5.41) is 0. The van der Waals surface area contributed by atoms with Gasteiger partial charge < -0.3 is 9.64 Å². The van der Waals surface area contributed by atoms with E-state index >= 15 is 0 Å². The zero-order chi connectivity index (χ0) is 15.7. The standard InChI is InChI=1S/C18H25NO2/c1-11(2)19(12(3)4)18(20)21-17-14(6)13(5)15-9-7-8-10-16(15)17/h7-13H,1-6H3/t13-/m1/s1. The van der Waals surface area contributed by atoms with E-state index in [2.05, 4.69) is 13.0 Å². The Morgan fingerprint density at radius 1 is 1.14 bits per heavy atom. The minimum absolute atomic E-state index is 0.118. The van der Waals surface area contributed by atoms with Gasteiger partial charge in [-0.2, -0.15) is 0 Å². The van der Waals surface area contributed by atoms with Gasteiger partial charge in [0.15, 0.2) is 0 Å². The SMILES string of the molecule is CC1=C(OC(=O)N(C(C)C)C(C)C)c2ccccc2[C@@H]1C. The van der Waals surface area contributed by atoms with Gasteiger partial charge in [0, 0.05) is 23.6 Å². The largest absolute Gasteiger partial charge is 0.415 e. The monoisotopic (exact) mass is 287 g/mol. The second kappa shape index (κ2) is 5.92. The molecule has 1 aliphatic carbocycles. The van der Waals surface area contributed by atoms with Crippen molar-refractivity contribution in [2.45, 2.75) is 59.5 Å². The van der Waals surface area contributed by atoms with Crippen molar-refractivity contribution in [3.63, 3.8) is 0 Å². The third-order valence-electron chi connectivity index (χ3n) is 4.19. The molecule has 0 aromatic heterocycles. The normalized spacial score (nSPS) is 17.4. The van der Waals surface area contributed by atoms with Crippen LogP contribution in [-0.2, 0) is 4.74 Å². The summed E-state index contributed by atoms with van der Waals surface area (Å²) in [4.78, 5) is 14.3. The second-order valence-electron chi connectivity index (χ2n) is 6.28. The van der Waals surface area contributed by atoms with Gasteiger partial charge in [-0.3, -0.25) is 0 Å². The topological polar surface area (TPSA) is 29.5 Å². The summed E-state index contributed by atoms with van der Waals surface area (Å²) in [5.41, 5.74) is 3.40. The Morgan fingerprint density at radius 3 is 2.29 bits per heavy atom. The van der Waals surface area contributed by atoms with E-state index in [-0.39, 0.29) is 18.2 Å². The molecule has 0 aliphatic heterocycles. The summed E-state index contributed by atoms with van der Waals surface area (Å²) >= 11 is 0. The number of fused-ring (bicyclic) bond motifs is 1. The summed E-state index contributed by atoms with van der Waals surface area (Å²) in [7, 11) is 0. The maximum absolute atomic E-state index is 12.5. The van der Waals surface area contributed by atoms with Crippen LogP contribution in [0, 0.1) is 0 Å². The number of ether oxygens (including phenoxy) is 1. The number of allylic oxidation sites excluding steroid dienone is 1. The third-order valence-corrected chi connectivity index (χ3v) is 4.19. The van der Waals surface area contributed by atoms with Crippen molar-refractivity contribution >= 4 is 11.9 Å². The minimum Gasteiger partial charge on any atom is -0.410 e. The number of carbonyl (C=O) groups excluding carboxylic acids is 1. The maximum atomic E-state index is 12.5. The molecule has 1 atom stereocenters. The fourth-order valence-corrected chi connectivity index (χ4v) is 3.02. The van der Waals surface area contributed by atoms with Gasteiger partial charge in [-0.15, -0.1) is 0 Å². The molecular weight excluding hydrogens is 262 g/mol. The van der Waals surface area contributed by atoms with E-state index in [1.165, 1.54) is 5.56 Å². The van der Waals surface area contributed by atoms with Gasteiger partial charge >= 0.3 is 6.09 Å². The number of nitrogens with zero attached hydrogens (tertiary/aromatic N) is 1. The quantitative estimate of drug-likeness (QED) is 0.800. The molecule has 114 valence electrons. The highest BCUT2D eigenvalue weighted by Crippen LogP contribution is 2.42. The zero-order valence-electron chi connectivity index (χ0n) is 13.8. The Bertz CT molecular complexity index is 564. The van der Waals surface area contributed by atoms with Crippen LogP contribution in [0.15, 0.2) is 29.8 Å². The van der Waals surface area contributed by atoms with E-state index in [1.54, 1.807) is 4.90 Å². The third kappa shape index (κ3) is 2.82. The summed E-state index contributed by atoms with van der Waals surface area (Å²) in [6.45, 7) is 12.2. The number of carbonyl (C=O) groups is 1. The molecule has 21 heavy (non-hydrogen) atoms. The highest BCUT2D eigenvalue weighted by atomic mass is 16.6.